The summed E-state index contributed by atoms with van der Waals surface area (Å²) in [7, 11) is 2.28. The summed E-state index contributed by atoms with van der Waals surface area (Å²) in [5.74, 6) is 0. The lowest BCUT2D eigenvalue weighted by Gasteiger charge is -2.26. The van der Waals surface area contributed by atoms with E-state index in [1.54, 1.807) is 0 Å². The SMILES string of the molecule is CCCCN(C)C1CCCNCC1. The standard InChI is InChI=1S/C11H24N2/c1-3-4-10-13(2)11-6-5-8-12-9-7-11/h11-12H,3-10H2,1-2H3. The van der Waals surface area contributed by atoms with Crippen molar-refractivity contribution in [3.8, 4) is 0 Å². The molecule has 0 radical (unpaired) electrons. The number of nitrogens with zero attached hydrogens (tertiary/aromatic N) is 1. The number of unbranched alkanes of at least 4 members (excludes halogenated alkanes) is 1. The van der Waals surface area contributed by atoms with Crippen LogP contribution in [0.2, 0.25) is 0 Å². The van der Waals surface area contributed by atoms with Crippen molar-refractivity contribution in [1.29, 1.82) is 0 Å². The number of rotatable bonds is 4. The summed E-state index contributed by atoms with van der Waals surface area (Å²) in [6, 6.07) is 0.835. The van der Waals surface area contributed by atoms with Crippen molar-refractivity contribution in [2.75, 3.05) is 26.7 Å². The molecule has 0 aromatic rings. The van der Waals surface area contributed by atoms with Crippen LogP contribution in [-0.2, 0) is 0 Å². The zero-order chi connectivity index (χ0) is 9.52. The van der Waals surface area contributed by atoms with Gasteiger partial charge in [-0.1, -0.05) is 13.3 Å². The monoisotopic (exact) mass is 184 g/mol. The maximum atomic E-state index is 3.46. The fourth-order valence-electron chi connectivity index (χ4n) is 2.03. The van der Waals surface area contributed by atoms with Crippen LogP contribution in [0.25, 0.3) is 0 Å². The molecule has 2 heteroatoms. The van der Waals surface area contributed by atoms with Gasteiger partial charge in [0.1, 0.15) is 0 Å². The minimum absolute atomic E-state index is 0.835. The van der Waals surface area contributed by atoms with Crippen molar-refractivity contribution in [2.45, 2.75) is 45.1 Å². The van der Waals surface area contributed by atoms with Crippen LogP contribution >= 0.6 is 0 Å². The first kappa shape index (κ1) is 11.0. The molecule has 1 fully saturated rings. The summed E-state index contributed by atoms with van der Waals surface area (Å²) in [5, 5.41) is 3.46. The van der Waals surface area contributed by atoms with Crippen LogP contribution in [0.1, 0.15) is 39.0 Å². The van der Waals surface area contributed by atoms with Crippen molar-refractivity contribution < 1.29 is 0 Å². The lowest BCUT2D eigenvalue weighted by Crippen LogP contribution is -2.33. The predicted molar refractivity (Wildman–Crippen MR) is 58.0 cm³/mol. The van der Waals surface area contributed by atoms with Gasteiger partial charge in [-0.25, -0.2) is 0 Å². The normalized spacial score (nSPS) is 24.7. The van der Waals surface area contributed by atoms with Gasteiger partial charge >= 0.3 is 0 Å². The second-order valence-corrected chi connectivity index (χ2v) is 4.17. The Labute approximate surface area is 82.7 Å². The van der Waals surface area contributed by atoms with Crippen LogP contribution in [0, 0.1) is 0 Å². The summed E-state index contributed by atoms with van der Waals surface area (Å²) in [4.78, 5) is 2.55. The summed E-state index contributed by atoms with van der Waals surface area (Å²) >= 11 is 0. The van der Waals surface area contributed by atoms with E-state index in [1.807, 2.05) is 0 Å². The Balaban J connectivity index is 2.22. The quantitative estimate of drug-likeness (QED) is 0.717. The van der Waals surface area contributed by atoms with Crippen molar-refractivity contribution in [1.82, 2.24) is 10.2 Å². The molecule has 1 aliphatic heterocycles. The molecule has 1 N–H and O–H groups in total. The van der Waals surface area contributed by atoms with E-state index in [1.165, 1.54) is 51.7 Å². The Bertz CT molecular complexity index is 117. The zero-order valence-corrected chi connectivity index (χ0v) is 9.18. The molecule has 0 aromatic heterocycles. The van der Waals surface area contributed by atoms with E-state index in [0.717, 1.165) is 6.04 Å². The van der Waals surface area contributed by atoms with Gasteiger partial charge < -0.3 is 10.2 Å². The molecule has 1 rings (SSSR count). The molecule has 0 aliphatic carbocycles. The van der Waals surface area contributed by atoms with E-state index in [2.05, 4.69) is 24.2 Å². The maximum absolute atomic E-state index is 3.46. The summed E-state index contributed by atoms with van der Waals surface area (Å²) in [6.45, 7) is 5.98. The van der Waals surface area contributed by atoms with Crippen LogP contribution in [0.3, 0.4) is 0 Å². The third-order valence-electron chi connectivity index (χ3n) is 3.03. The highest BCUT2D eigenvalue weighted by molar-refractivity contribution is 4.73. The van der Waals surface area contributed by atoms with E-state index in [0.29, 0.717) is 0 Å². The first-order chi connectivity index (χ1) is 6.34. The Kier molecular flexibility index (Phi) is 5.40. The highest BCUT2D eigenvalue weighted by atomic mass is 15.1. The molecule has 1 unspecified atom stereocenters. The van der Waals surface area contributed by atoms with Crippen LogP contribution in [0.5, 0.6) is 0 Å². The van der Waals surface area contributed by atoms with Gasteiger partial charge in [0.2, 0.25) is 0 Å². The molecule has 0 bridgehead atoms. The van der Waals surface area contributed by atoms with Crippen LogP contribution in [-0.4, -0.2) is 37.6 Å². The van der Waals surface area contributed by atoms with Gasteiger partial charge in [-0.05, 0) is 52.4 Å². The molecule has 1 saturated heterocycles. The first-order valence-electron chi connectivity index (χ1n) is 5.75. The molecular weight excluding hydrogens is 160 g/mol. The van der Waals surface area contributed by atoms with E-state index in [4.69, 9.17) is 0 Å². The molecule has 0 amide bonds. The first-order valence-corrected chi connectivity index (χ1v) is 5.75. The summed E-state index contributed by atoms with van der Waals surface area (Å²) in [5.41, 5.74) is 0. The highest BCUT2D eigenvalue weighted by Gasteiger charge is 2.15. The lowest BCUT2D eigenvalue weighted by molar-refractivity contribution is 0.221. The van der Waals surface area contributed by atoms with Crippen molar-refractivity contribution in [3.63, 3.8) is 0 Å². The Morgan fingerprint density at radius 1 is 1.31 bits per heavy atom. The summed E-state index contributed by atoms with van der Waals surface area (Å²) < 4.78 is 0. The smallest absolute Gasteiger partial charge is 0.0105 e. The number of nitrogens with one attached hydrogen (secondary N) is 1. The maximum Gasteiger partial charge on any atom is 0.0105 e. The molecule has 0 aromatic carbocycles. The molecule has 78 valence electrons. The minimum atomic E-state index is 0.835. The minimum Gasteiger partial charge on any atom is -0.317 e. The van der Waals surface area contributed by atoms with Crippen molar-refractivity contribution in [2.24, 2.45) is 0 Å². The van der Waals surface area contributed by atoms with E-state index >= 15 is 0 Å². The Hall–Kier alpha value is -0.0800. The van der Waals surface area contributed by atoms with Crippen LogP contribution in [0.4, 0.5) is 0 Å². The van der Waals surface area contributed by atoms with Crippen LogP contribution < -0.4 is 5.32 Å². The molecule has 0 saturated carbocycles. The van der Waals surface area contributed by atoms with Gasteiger partial charge in [0, 0.05) is 6.04 Å². The van der Waals surface area contributed by atoms with Gasteiger partial charge in [-0.3, -0.25) is 0 Å². The van der Waals surface area contributed by atoms with Crippen molar-refractivity contribution >= 4 is 0 Å². The molecule has 1 aliphatic rings. The molecular formula is C11H24N2. The molecule has 0 spiro atoms. The largest absolute Gasteiger partial charge is 0.317 e. The predicted octanol–water partition coefficient (Wildman–Crippen LogP) is 1.86. The second-order valence-electron chi connectivity index (χ2n) is 4.17. The third-order valence-corrected chi connectivity index (χ3v) is 3.03. The number of hydrogen-bond acceptors (Lipinski definition) is 2. The second kappa shape index (κ2) is 6.39. The van der Waals surface area contributed by atoms with Gasteiger partial charge in [0.25, 0.3) is 0 Å². The molecule has 2 nitrogen and oxygen atoms in total. The van der Waals surface area contributed by atoms with E-state index in [9.17, 15) is 0 Å². The zero-order valence-electron chi connectivity index (χ0n) is 9.18. The van der Waals surface area contributed by atoms with Gasteiger partial charge in [0.05, 0.1) is 0 Å². The lowest BCUT2D eigenvalue weighted by atomic mass is 10.1. The fraction of sp³-hybridized carbons (Fsp3) is 1.00. The summed E-state index contributed by atoms with van der Waals surface area (Å²) in [6.07, 6.45) is 6.73. The topological polar surface area (TPSA) is 15.3 Å². The van der Waals surface area contributed by atoms with Crippen molar-refractivity contribution in [3.05, 3.63) is 0 Å². The van der Waals surface area contributed by atoms with E-state index in [-0.39, 0.29) is 0 Å². The average molecular weight is 184 g/mol. The molecule has 1 atom stereocenters. The fourth-order valence-corrected chi connectivity index (χ4v) is 2.03. The molecule has 1 heterocycles. The van der Waals surface area contributed by atoms with Gasteiger partial charge in [-0.2, -0.15) is 0 Å². The van der Waals surface area contributed by atoms with Gasteiger partial charge in [-0.15, -0.1) is 0 Å². The Morgan fingerprint density at radius 2 is 2.15 bits per heavy atom. The van der Waals surface area contributed by atoms with E-state index < -0.39 is 0 Å². The third kappa shape index (κ3) is 4.10. The average Bonchev–Trinajstić information content (AvgIpc) is 2.42. The number of hydrogen-bond donors (Lipinski definition) is 1. The Morgan fingerprint density at radius 3 is 2.92 bits per heavy atom. The highest BCUT2D eigenvalue weighted by Crippen LogP contribution is 2.12. The van der Waals surface area contributed by atoms with Gasteiger partial charge in [0.15, 0.2) is 0 Å². The van der Waals surface area contributed by atoms with Crippen LogP contribution in [0.15, 0.2) is 0 Å². The molecule has 13 heavy (non-hydrogen) atoms.